The first-order valence-corrected chi connectivity index (χ1v) is 10.1. The Balaban J connectivity index is 1.64. The Labute approximate surface area is 181 Å². The van der Waals surface area contributed by atoms with E-state index in [0.717, 1.165) is 9.80 Å². The molecule has 0 bridgehead atoms. The number of nitrogens with one attached hydrogen (secondary N) is 1. The van der Waals surface area contributed by atoms with Gasteiger partial charge in [-0.25, -0.2) is 9.69 Å². The molecular weight excluding hydrogens is 424 g/mol. The molecule has 2 heterocycles. The monoisotopic (exact) mass is 438 g/mol. The molecule has 4 amide bonds. The van der Waals surface area contributed by atoms with Gasteiger partial charge in [-0.3, -0.25) is 14.9 Å². The van der Waals surface area contributed by atoms with Crippen LogP contribution in [-0.4, -0.2) is 17.8 Å². The first kappa shape index (κ1) is 20.0. The minimum atomic E-state index is -0.827. The standard InChI is InChI=1S/C22H15ClN2O4S/c1-13-17(23)8-5-9-18(13)25-21(27)16(20(26)24-22(25)28)12-14-10-11-19(29-14)30-15-6-3-2-4-7-15/h2-12H,1H3,(H,24,26,28)/b16-12+. The fourth-order valence-electron chi connectivity index (χ4n) is 2.93. The minimum absolute atomic E-state index is 0.209. The van der Waals surface area contributed by atoms with E-state index in [2.05, 4.69) is 5.32 Å². The molecule has 1 N–H and O–H groups in total. The number of hydrogen-bond donors (Lipinski definition) is 1. The summed E-state index contributed by atoms with van der Waals surface area (Å²) < 4.78 is 5.73. The number of halogens is 1. The fraction of sp³-hybridized carbons (Fsp3) is 0.0455. The van der Waals surface area contributed by atoms with Crippen LogP contribution in [0.15, 0.2) is 80.6 Å². The maximum absolute atomic E-state index is 13.0. The van der Waals surface area contributed by atoms with E-state index in [0.29, 0.717) is 27.1 Å². The smallest absolute Gasteiger partial charge is 0.335 e. The minimum Gasteiger partial charge on any atom is -0.450 e. The van der Waals surface area contributed by atoms with Gasteiger partial charge in [0.15, 0.2) is 5.09 Å². The molecule has 1 aliphatic rings. The highest BCUT2D eigenvalue weighted by molar-refractivity contribution is 7.99. The molecule has 30 heavy (non-hydrogen) atoms. The van der Waals surface area contributed by atoms with E-state index in [4.69, 9.17) is 16.0 Å². The molecule has 0 unspecified atom stereocenters. The molecule has 2 aromatic carbocycles. The third-order valence-electron chi connectivity index (χ3n) is 4.43. The number of hydrogen-bond acceptors (Lipinski definition) is 5. The van der Waals surface area contributed by atoms with Gasteiger partial charge in [0.05, 0.1) is 5.69 Å². The van der Waals surface area contributed by atoms with Gasteiger partial charge in [0.1, 0.15) is 11.3 Å². The van der Waals surface area contributed by atoms with Gasteiger partial charge in [-0.1, -0.05) is 47.6 Å². The van der Waals surface area contributed by atoms with E-state index in [1.54, 1.807) is 37.3 Å². The van der Waals surface area contributed by atoms with Gasteiger partial charge in [-0.05, 0) is 55.0 Å². The highest BCUT2D eigenvalue weighted by Crippen LogP contribution is 2.31. The van der Waals surface area contributed by atoms with E-state index in [1.807, 2.05) is 30.3 Å². The Kier molecular flexibility index (Phi) is 5.48. The summed E-state index contributed by atoms with van der Waals surface area (Å²) in [6.45, 7) is 1.69. The summed E-state index contributed by atoms with van der Waals surface area (Å²) >= 11 is 7.54. The summed E-state index contributed by atoms with van der Waals surface area (Å²) in [5, 5.41) is 3.20. The lowest BCUT2D eigenvalue weighted by molar-refractivity contribution is -0.122. The molecule has 1 fully saturated rings. The first-order chi connectivity index (χ1) is 14.4. The van der Waals surface area contributed by atoms with Crippen LogP contribution in [0.1, 0.15) is 11.3 Å². The number of benzene rings is 2. The Morgan fingerprint density at radius 2 is 1.77 bits per heavy atom. The van der Waals surface area contributed by atoms with Crippen LogP contribution >= 0.6 is 23.4 Å². The van der Waals surface area contributed by atoms with Crippen molar-refractivity contribution in [3.63, 3.8) is 0 Å². The molecule has 0 saturated carbocycles. The van der Waals surface area contributed by atoms with Crippen LogP contribution in [0.2, 0.25) is 5.02 Å². The van der Waals surface area contributed by atoms with Crippen molar-refractivity contribution in [2.24, 2.45) is 0 Å². The van der Waals surface area contributed by atoms with Gasteiger partial charge in [0.2, 0.25) is 0 Å². The van der Waals surface area contributed by atoms with Gasteiger partial charge >= 0.3 is 6.03 Å². The molecule has 1 aromatic heterocycles. The third-order valence-corrected chi connectivity index (χ3v) is 5.77. The zero-order chi connectivity index (χ0) is 21.3. The number of furan rings is 1. The quantitative estimate of drug-likeness (QED) is 0.455. The van der Waals surface area contributed by atoms with Crippen molar-refractivity contribution in [1.82, 2.24) is 5.32 Å². The average Bonchev–Trinajstić information content (AvgIpc) is 3.16. The molecule has 6 nitrogen and oxygen atoms in total. The molecule has 150 valence electrons. The number of amides is 4. The molecule has 1 saturated heterocycles. The van der Waals surface area contributed by atoms with Crippen molar-refractivity contribution in [2.75, 3.05) is 4.90 Å². The number of carbonyl (C=O) groups excluding carboxylic acids is 3. The molecule has 0 spiro atoms. The number of nitrogens with zero attached hydrogens (tertiary/aromatic N) is 1. The van der Waals surface area contributed by atoms with Gasteiger partial charge in [0.25, 0.3) is 11.8 Å². The molecular formula is C22H15ClN2O4S. The average molecular weight is 439 g/mol. The number of urea groups is 1. The summed E-state index contributed by atoms with van der Waals surface area (Å²) in [4.78, 5) is 39.6. The van der Waals surface area contributed by atoms with E-state index in [1.165, 1.54) is 17.8 Å². The molecule has 0 atom stereocenters. The normalized spacial score (nSPS) is 15.6. The van der Waals surface area contributed by atoms with E-state index in [9.17, 15) is 14.4 Å². The highest BCUT2D eigenvalue weighted by atomic mass is 35.5. The summed E-state index contributed by atoms with van der Waals surface area (Å²) in [6, 6.07) is 17.1. The van der Waals surface area contributed by atoms with Crippen LogP contribution in [0.5, 0.6) is 0 Å². The van der Waals surface area contributed by atoms with Crippen molar-refractivity contribution in [2.45, 2.75) is 16.9 Å². The zero-order valence-electron chi connectivity index (χ0n) is 15.7. The van der Waals surface area contributed by atoms with Crippen molar-refractivity contribution in [3.05, 3.63) is 82.6 Å². The Morgan fingerprint density at radius 1 is 1.00 bits per heavy atom. The SMILES string of the molecule is Cc1c(Cl)cccc1N1C(=O)NC(=O)/C(=C\c2ccc(Sc3ccccc3)o2)C1=O. The fourth-order valence-corrected chi connectivity index (χ4v) is 3.90. The van der Waals surface area contributed by atoms with Crippen LogP contribution in [0.3, 0.4) is 0 Å². The summed E-state index contributed by atoms with van der Waals surface area (Å²) in [7, 11) is 0. The zero-order valence-corrected chi connectivity index (χ0v) is 17.3. The largest absolute Gasteiger partial charge is 0.450 e. The van der Waals surface area contributed by atoms with Crippen molar-refractivity contribution >= 4 is 53.0 Å². The summed E-state index contributed by atoms with van der Waals surface area (Å²) in [5.74, 6) is -1.21. The third kappa shape index (κ3) is 3.90. The van der Waals surface area contributed by atoms with Crippen molar-refractivity contribution < 1.29 is 18.8 Å². The van der Waals surface area contributed by atoms with Gasteiger partial charge in [-0.15, -0.1) is 0 Å². The second kappa shape index (κ2) is 8.22. The number of carbonyl (C=O) groups is 3. The predicted molar refractivity (Wildman–Crippen MR) is 114 cm³/mol. The Bertz CT molecular complexity index is 1190. The number of rotatable bonds is 4. The lowest BCUT2D eigenvalue weighted by Gasteiger charge is -2.27. The number of imide groups is 2. The Morgan fingerprint density at radius 3 is 2.53 bits per heavy atom. The van der Waals surface area contributed by atoms with Crippen LogP contribution < -0.4 is 10.2 Å². The summed E-state index contributed by atoms with van der Waals surface area (Å²) in [6.07, 6.45) is 1.33. The molecule has 3 aromatic rings. The van der Waals surface area contributed by atoms with Crippen molar-refractivity contribution in [3.8, 4) is 0 Å². The number of barbiturate groups is 1. The van der Waals surface area contributed by atoms with Crippen LogP contribution in [-0.2, 0) is 9.59 Å². The van der Waals surface area contributed by atoms with Crippen molar-refractivity contribution in [1.29, 1.82) is 0 Å². The second-order valence-corrected chi connectivity index (χ2v) is 7.90. The maximum Gasteiger partial charge on any atom is 0.335 e. The van der Waals surface area contributed by atoms with Gasteiger partial charge in [0, 0.05) is 9.92 Å². The molecule has 0 aliphatic carbocycles. The predicted octanol–water partition coefficient (Wildman–Crippen LogP) is 5.06. The maximum atomic E-state index is 13.0. The lowest BCUT2D eigenvalue weighted by Crippen LogP contribution is -2.54. The van der Waals surface area contributed by atoms with Crippen LogP contribution in [0.4, 0.5) is 10.5 Å². The van der Waals surface area contributed by atoms with E-state index < -0.39 is 17.8 Å². The number of anilines is 1. The summed E-state index contributed by atoms with van der Waals surface area (Å²) in [5.41, 5.74) is 0.652. The molecule has 0 radical (unpaired) electrons. The van der Waals surface area contributed by atoms with Gasteiger partial charge < -0.3 is 4.42 Å². The molecule has 1 aliphatic heterocycles. The molecule has 4 rings (SSSR count). The molecule has 8 heteroatoms. The van der Waals surface area contributed by atoms with Crippen LogP contribution in [0.25, 0.3) is 6.08 Å². The topological polar surface area (TPSA) is 79.6 Å². The second-order valence-electron chi connectivity index (χ2n) is 6.41. The van der Waals surface area contributed by atoms with E-state index in [-0.39, 0.29) is 5.57 Å². The van der Waals surface area contributed by atoms with Gasteiger partial charge in [-0.2, -0.15) is 0 Å². The van der Waals surface area contributed by atoms with Crippen LogP contribution in [0, 0.1) is 6.92 Å². The Hall–Kier alpha value is -3.29. The highest BCUT2D eigenvalue weighted by Gasteiger charge is 2.37. The first-order valence-electron chi connectivity index (χ1n) is 8.93. The van der Waals surface area contributed by atoms with E-state index >= 15 is 0 Å². The lowest BCUT2D eigenvalue weighted by atomic mass is 10.1.